The van der Waals surface area contributed by atoms with Gasteiger partial charge in [0, 0.05) is 25.2 Å². The molecule has 0 unspecified atom stereocenters. The average molecular weight is 218 g/mol. The summed E-state index contributed by atoms with van der Waals surface area (Å²) in [6, 6.07) is 4.35. The van der Waals surface area contributed by atoms with Gasteiger partial charge >= 0.3 is 0 Å². The van der Waals surface area contributed by atoms with E-state index in [1.54, 1.807) is 0 Å². The van der Waals surface area contributed by atoms with E-state index in [2.05, 4.69) is 33.7 Å². The molecule has 86 valence electrons. The summed E-state index contributed by atoms with van der Waals surface area (Å²) in [5.74, 6) is 1.11. The molecule has 0 radical (unpaired) electrons. The molecule has 0 atom stereocenters. The van der Waals surface area contributed by atoms with Gasteiger partial charge in [-0.05, 0) is 33.0 Å². The number of nitrogens with one attached hydrogen (secondary N) is 1. The van der Waals surface area contributed by atoms with Gasteiger partial charge in [0.05, 0.1) is 0 Å². The summed E-state index contributed by atoms with van der Waals surface area (Å²) < 4.78 is 2.21. The summed E-state index contributed by atoms with van der Waals surface area (Å²) in [5.41, 5.74) is 1.98. The third-order valence-electron chi connectivity index (χ3n) is 2.64. The van der Waals surface area contributed by atoms with Crippen molar-refractivity contribution in [2.45, 2.75) is 26.3 Å². The number of hydrogen-bond acceptors (Lipinski definition) is 3. The molecule has 0 aliphatic rings. The number of rotatable bonds is 4. The summed E-state index contributed by atoms with van der Waals surface area (Å²) in [5, 5.41) is 3.15. The Kier molecular flexibility index (Phi) is 3.19. The summed E-state index contributed by atoms with van der Waals surface area (Å²) in [6.07, 6.45) is 2.76. The lowest BCUT2D eigenvalue weighted by molar-refractivity contribution is 0.573. The Labute approximate surface area is 95.7 Å². The zero-order valence-corrected chi connectivity index (χ0v) is 10.1. The van der Waals surface area contributed by atoms with Crippen LogP contribution in [0.25, 0.3) is 11.2 Å². The van der Waals surface area contributed by atoms with Gasteiger partial charge in [-0.15, -0.1) is 0 Å². The fourth-order valence-corrected chi connectivity index (χ4v) is 1.93. The summed E-state index contributed by atoms with van der Waals surface area (Å²) >= 11 is 0. The quantitative estimate of drug-likeness (QED) is 0.850. The second-order valence-electron chi connectivity index (χ2n) is 4.19. The lowest BCUT2D eigenvalue weighted by atomic mass is 10.3. The van der Waals surface area contributed by atoms with Gasteiger partial charge in [0.1, 0.15) is 11.3 Å². The molecule has 0 aromatic carbocycles. The van der Waals surface area contributed by atoms with Crippen molar-refractivity contribution in [2.75, 3.05) is 13.6 Å². The SMILES string of the molecule is CNCCc1nc2cccnc2n1C(C)C. The highest BCUT2D eigenvalue weighted by Gasteiger charge is 2.12. The molecule has 0 amide bonds. The fourth-order valence-electron chi connectivity index (χ4n) is 1.93. The Balaban J connectivity index is 2.50. The van der Waals surface area contributed by atoms with Crippen LogP contribution >= 0.6 is 0 Å². The fraction of sp³-hybridized carbons (Fsp3) is 0.500. The van der Waals surface area contributed by atoms with Crippen molar-refractivity contribution in [2.24, 2.45) is 0 Å². The van der Waals surface area contributed by atoms with E-state index in [4.69, 9.17) is 0 Å². The van der Waals surface area contributed by atoms with Crippen LogP contribution in [0.3, 0.4) is 0 Å². The molecule has 2 aromatic heterocycles. The highest BCUT2D eigenvalue weighted by molar-refractivity contribution is 5.71. The van der Waals surface area contributed by atoms with Gasteiger partial charge in [0.15, 0.2) is 5.65 Å². The topological polar surface area (TPSA) is 42.7 Å². The summed E-state index contributed by atoms with van der Waals surface area (Å²) in [6.45, 7) is 5.27. The van der Waals surface area contributed by atoms with Gasteiger partial charge in [0.2, 0.25) is 0 Å². The number of pyridine rings is 1. The highest BCUT2D eigenvalue weighted by atomic mass is 15.1. The van der Waals surface area contributed by atoms with Gasteiger partial charge in [0.25, 0.3) is 0 Å². The van der Waals surface area contributed by atoms with Crippen LogP contribution in [-0.4, -0.2) is 28.1 Å². The van der Waals surface area contributed by atoms with Crippen LogP contribution in [0.5, 0.6) is 0 Å². The van der Waals surface area contributed by atoms with E-state index in [0.717, 1.165) is 30.0 Å². The number of fused-ring (bicyclic) bond motifs is 1. The zero-order valence-electron chi connectivity index (χ0n) is 10.1. The van der Waals surface area contributed by atoms with Crippen LogP contribution in [0, 0.1) is 0 Å². The summed E-state index contributed by atoms with van der Waals surface area (Å²) in [7, 11) is 1.96. The van der Waals surface area contributed by atoms with E-state index in [1.807, 2.05) is 25.4 Å². The number of hydrogen-bond donors (Lipinski definition) is 1. The first-order chi connectivity index (χ1) is 7.74. The number of aromatic nitrogens is 3. The van der Waals surface area contributed by atoms with Crippen LogP contribution in [-0.2, 0) is 6.42 Å². The van der Waals surface area contributed by atoms with Crippen molar-refractivity contribution in [3.8, 4) is 0 Å². The first kappa shape index (κ1) is 11.1. The Hall–Kier alpha value is -1.42. The third-order valence-corrected chi connectivity index (χ3v) is 2.64. The van der Waals surface area contributed by atoms with Crippen molar-refractivity contribution >= 4 is 11.2 Å². The predicted molar refractivity (Wildman–Crippen MR) is 65.5 cm³/mol. The lowest BCUT2D eigenvalue weighted by Gasteiger charge is -2.11. The first-order valence-electron chi connectivity index (χ1n) is 5.70. The van der Waals surface area contributed by atoms with E-state index < -0.39 is 0 Å². The lowest BCUT2D eigenvalue weighted by Crippen LogP contribution is -2.15. The van der Waals surface area contributed by atoms with Gasteiger partial charge in [-0.2, -0.15) is 0 Å². The van der Waals surface area contributed by atoms with E-state index in [9.17, 15) is 0 Å². The van der Waals surface area contributed by atoms with Crippen LogP contribution in [0.4, 0.5) is 0 Å². The minimum Gasteiger partial charge on any atom is -0.319 e. The number of nitrogens with zero attached hydrogens (tertiary/aromatic N) is 3. The molecule has 0 bridgehead atoms. The van der Waals surface area contributed by atoms with E-state index in [-0.39, 0.29) is 0 Å². The van der Waals surface area contributed by atoms with Crippen molar-refractivity contribution in [1.82, 2.24) is 19.9 Å². The van der Waals surface area contributed by atoms with Gasteiger partial charge in [-0.3, -0.25) is 0 Å². The standard InChI is InChI=1S/C12H18N4/c1-9(2)16-11(6-8-13-3)15-10-5-4-7-14-12(10)16/h4-5,7,9,13H,6,8H2,1-3H3. The van der Waals surface area contributed by atoms with Gasteiger partial charge in [-0.25, -0.2) is 9.97 Å². The number of likely N-dealkylation sites (N-methyl/N-ethyl adjacent to an activating group) is 1. The van der Waals surface area contributed by atoms with Crippen LogP contribution in [0.1, 0.15) is 25.7 Å². The molecule has 0 spiro atoms. The molecule has 0 aliphatic heterocycles. The minimum absolute atomic E-state index is 0.395. The van der Waals surface area contributed by atoms with Gasteiger partial charge in [-0.1, -0.05) is 0 Å². The largest absolute Gasteiger partial charge is 0.319 e. The molecule has 1 N–H and O–H groups in total. The molecule has 0 saturated heterocycles. The average Bonchev–Trinajstić information content (AvgIpc) is 2.64. The Morgan fingerprint density at radius 2 is 2.25 bits per heavy atom. The smallest absolute Gasteiger partial charge is 0.160 e. The monoisotopic (exact) mass is 218 g/mol. The molecule has 0 aliphatic carbocycles. The molecule has 0 fully saturated rings. The molecule has 2 rings (SSSR count). The molecular weight excluding hydrogens is 200 g/mol. The molecule has 0 saturated carbocycles. The molecule has 2 heterocycles. The summed E-state index contributed by atoms with van der Waals surface area (Å²) in [4.78, 5) is 9.04. The maximum atomic E-state index is 4.63. The van der Waals surface area contributed by atoms with Crippen molar-refractivity contribution < 1.29 is 0 Å². The molecule has 4 nitrogen and oxygen atoms in total. The van der Waals surface area contributed by atoms with Crippen molar-refractivity contribution in [3.63, 3.8) is 0 Å². The number of imidazole rings is 1. The maximum Gasteiger partial charge on any atom is 0.160 e. The van der Waals surface area contributed by atoms with E-state index in [1.165, 1.54) is 0 Å². The van der Waals surface area contributed by atoms with Crippen LogP contribution in [0.15, 0.2) is 18.3 Å². The van der Waals surface area contributed by atoms with Crippen molar-refractivity contribution in [3.05, 3.63) is 24.2 Å². The molecular formula is C12H18N4. The maximum absolute atomic E-state index is 4.63. The second kappa shape index (κ2) is 4.61. The molecule has 2 aromatic rings. The van der Waals surface area contributed by atoms with E-state index >= 15 is 0 Å². The Bertz CT molecular complexity index is 473. The Morgan fingerprint density at radius 1 is 1.44 bits per heavy atom. The molecule has 16 heavy (non-hydrogen) atoms. The van der Waals surface area contributed by atoms with Crippen molar-refractivity contribution in [1.29, 1.82) is 0 Å². The minimum atomic E-state index is 0.395. The predicted octanol–water partition coefficient (Wildman–Crippen LogP) is 1.77. The normalized spacial score (nSPS) is 11.5. The van der Waals surface area contributed by atoms with Gasteiger partial charge < -0.3 is 9.88 Å². The second-order valence-corrected chi connectivity index (χ2v) is 4.19. The highest BCUT2D eigenvalue weighted by Crippen LogP contribution is 2.18. The van der Waals surface area contributed by atoms with E-state index in [0.29, 0.717) is 6.04 Å². The zero-order chi connectivity index (χ0) is 11.5. The van der Waals surface area contributed by atoms with Crippen LogP contribution in [0.2, 0.25) is 0 Å². The first-order valence-corrected chi connectivity index (χ1v) is 5.70. The molecule has 4 heteroatoms. The Morgan fingerprint density at radius 3 is 2.94 bits per heavy atom. The third kappa shape index (κ3) is 1.93. The van der Waals surface area contributed by atoms with Crippen LogP contribution < -0.4 is 5.32 Å².